The van der Waals surface area contributed by atoms with Gasteiger partial charge in [0.05, 0.1) is 0 Å². The number of hydrogen-bond acceptors (Lipinski definition) is 6. The monoisotopic (exact) mass is 1060 g/mol. The van der Waals surface area contributed by atoms with Gasteiger partial charge in [0.25, 0.3) is 0 Å². The third kappa shape index (κ3) is 61.7. The summed E-state index contributed by atoms with van der Waals surface area (Å²) in [5.41, 5.74) is 0. The summed E-state index contributed by atoms with van der Waals surface area (Å²) < 4.78 is 16.8. The van der Waals surface area contributed by atoms with Gasteiger partial charge in [-0.1, -0.05) is 286 Å². The fraction of sp³-hybridized carbons (Fsp3) is 0.786. The molecule has 0 N–H and O–H groups in total. The van der Waals surface area contributed by atoms with Gasteiger partial charge >= 0.3 is 17.9 Å². The topological polar surface area (TPSA) is 78.9 Å². The Morgan fingerprint density at radius 1 is 0.276 bits per heavy atom. The zero-order valence-electron chi connectivity index (χ0n) is 50.5. The summed E-state index contributed by atoms with van der Waals surface area (Å²) in [6, 6.07) is 0. The molecule has 76 heavy (non-hydrogen) atoms. The van der Waals surface area contributed by atoms with Gasteiger partial charge < -0.3 is 14.2 Å². The number of esters is 3. The predicted octanol–water partition coefficient (Wildman–Crippen LogP) is 22.5. The van der Waals surface area contributed by atoms with Crippen LogP contribution in [0.3, 0.4) is 0 Å². The highest BCUT2D eigenvalue weighted by Crippen LogP contribution is 2.17. The summed E-state index contributed by atoms with van der Waals surface area (Å²) >= 11 is 0. The fourth-order valence-electron chi connectivity index (χ4n) is 9.49. The predicted molar refractivity (Wildman–Crippen MR) is 330 cm³/mol. The van der Waals surface area contributed by atoms with Crippen molar-refractivity contribution >= 4 is 17.9 Å². The molecule has 6 nitrogen and oxygen atoms in total. The van der Waals surface area contributed by atoms with Crippen molar-refractivity contribution in [2.75, 3.05) is 13.2 Å². The molecule has 0 saturated carbocycles. The second-order valence-corrected chi connectivity index (χ2v) is 22.0. The third-order valence-electron chi connectivity index (χ3n) is 14.4. The van der Waals surface area contributed by atoms with Gasteiger partial charge in [-0.2, -0.15) is 0 Å². The van der Waals surface area contributed by atoms with Gasteiger partial charge in [0.15, 0.2) is 6.10 Å². The number of carbonyl (C=O) groups excluding carboxylic acids is 3. The molecule has 0 radical (unpaired) electrons. The minimum absolute atomic E-state index is 0.0870. The number of hydrogen-bond donors (Lipinski definition) is 0. The lowest BCUT2D eigenvalue weighted by Gasteiger charge is -2.18. The average molecular weight is 1060 g/mol. The minimum atomic E-state index is -0.791. The summed E-state index contributed by atoms with van der Waals surface area (Å²) in [4.78, 5) is 38.1. The van der Waals surface area contributed by atoms with E-state index in [1.165, 1.54) is 193 Å². The molecular formula is C70H124O6. The van der Waals surface area contributed by atoms with E-state index in [4.69, 9.17) is 14.2 Å². The van der Waals surface area contributed by atoms with Crippen LogP contribution in [-0.2, 0) is 28.6 Å². The number of carbonyl (C=O) groups is 3. The highest BCUT2D eigenvalue weighted by molar-refractivity contribution is 5.71. The molecular weight excluding hydrogens is 937 g/mol. The molecule has 0 rings (SSSR count). The summed E-state index contributed by atoms with van der Waals surface area (Å²) in [7, 11) is 0. The van der Waals surface area contributed by atoms with Crippen molar-refractivity contribution in [1.82, 2.24) is 0 Å². The first kappa shape index (κ1) is 72.8. The molecule has 1 unspecified atom stereocenters. The lowest BCUT2D eigenvalue weighted by Crippen LogP contribution is -2.30. The highest BCUT2D eigenvalue weighted by Gasteiger charge is 2.19. The normalized spacial score (nSPS) is 12.5. The Hall–Kier alpha value is -3.15. The molecule has 0 bridgehead atoms. The van der Waals surface area contributed by atoms with E-state index in [1.54, 1.807) is 0 Å². The van der Waals surface area contributed by atoms with Crippen molar-refractivity contribution in [3.05, 3.63) is 72.9 Å². The van der Waals surface area contributed by atoms with Crippen molar-refractivity contribution in [3.8, 4) is 0 Å². The largest absolute Gasteiger partial charge is 0.462 e. The molecule has 0 heterocycles. The SMILES string of the molecule is CC/C=C\C/C=C\C/C=C\CCCCCC(=O)OC(COC(=O)CCCCCCC/C=C\CCC)COC(=O)CCCCCCCCCCCCCCCCCCCCCCCCC/C=C\C/C=C\CCCCCCC. The van der Waals surface area contributed by atoms with Crippen LogP contribution in [0.4, 0.5) is 0 Å². The highest BCUT2D eigenvalue weighted by atomic mass is 16.6. The van der Waals surface area contributed by atoms with Crippen LogP contribution in [0.2, 0.25) is 0 Å². The lowest BCUT2D eigenvalue weighted by atomic mass is 10.0. The third-order valence-corrected chi connectivity index (χ3v) is 14.4. The van der Waals surface area contributed by atoms with Crippen LogP contribution in [0.15, 0.2) is 72.9 Å². The first-order valence-corrected chi connectivity index (χ1v) is 32.9. The van der Waals surface area contributed by atoms with E-state index < -0.39 is 6.10 Å². The van der Waals surface area contributed by atoms with E-state index in [2.05, 4.69) is 93.7 Å². The summed E-state index contributed by atoms with van der Waals surface area (Å²) in [6.07, 6.45) is 83.9. The minimum Gasteiger partial charge on any atom is -0.462 e. The second kappa shape index (κ2) is 64.4. The van der Waals surface area contributed by atoms with E-state index >= 15 is 0 Å². The van der Waals surface area contributed by atoms with Gasteiger partial charge in [-0.3, -0.25) is 14.4 Å². The van der Waals surface area contributed by atoms with Crippen LogP contribution < -0.4 is 0 Å². The zero-order valence-corrected chi connectivity index (χ0v) is 50.5. The van der Waals surface area contributed by atoms with Crippen LogP contribution in [-0.4, -0.2) is 37.2 Å². The number of ether oxygens (including phenoxy) is 3. The smallest absolute Gasteiger partial charge is 0.306 e. The standard InChI is InChI=1S/C70H124O6/c1-4-7-10-13-16-19-22-24-25-26-27-28-29-30-31-32-33-34-35-36-37-38-39-40-41-42-43-44-45-47-48-51-54-57-60-63-69(72)75-66-67(65-74-68(71)62-59-56-53-50-21-18-15-12-9-6-3)76-70(73)64-61-58-55-52-49-46-23-20-17-14-11-8-5-2/h8,11-12,15,17,20,22,24,26-27,46,49,67H,4-7,9-10,13-14,16,18-19,21,23,25,28-45,47-48,50-66H2,1-3H3/b11-8-,15-12-,20-17-,24-22-,27-26-,49-46-. The van der Waals surface area contributed by atoms with Crippen LogP contribution in [0.1, 0.15) is 335 Å². The van der Waals surface area contributed by atoms with Gasteiger partial charge in [-0.15, -0.1) is 0 Å². The first-order chi connectivity index (χ1) is 37.5. The van der Waals surface area contributed by atoms with Gasteiger partial charge in [-0.25, -0.2) is 0 Å². The van der Waals surface area contributed by atoms with Gasteiger partial charge in [-0.05, 0) is 103 Å². The van der Waals surface area contributed by atoms with Crippen LogP contribution in [0.5, 0.6) is 0 Å². The Morgan fingerprint density at radius 2 is 0.539 bits per heavy atom. The Balaban J connectivity index is 3.99. The molecule has 0 saturated heterocycles. The molecule has 1 atom stereocenters. The summed E-state index contributed by atoms with van der Waals surface area (Å²) in [6.45, 7) is 6.45. The maximum Gasteiger partial charge on any atom is 0.306 e. The van der Waals surface area contributed by atoms with E-state index in [0.29, 0.717) is 19.3 Å². The van der Waals surface area contributed by atoms with Crippen molar-refractivity contribution in [2.24, 2.45) is 0 Å². The Kier molecular flexibility index (Phi) is 61.7. The van der Waals surface area contributed by atoms with Crippen molar-refractivity contribution < 1.29 is 28.6 Å². The Bertz CT molecular complexity index is 1400. The van der Waals surface area contributed by atoms with E-state index in [1.807, 2.05) is 0 Å². The molecule has 6 heteroatoms. The van der Waals surface area contributed by atoms with Crippen LogP contribution in [0.25, 0.3) is 0 Å². The Labute approximate surface area is 472 Å². The molecule has 0 aromatic heterocycles. The number of rotatable bonds is 60. The summed E-state index contributed by atoms with van der Waals surface area (Å²) in [5, 5.41) is 0. The van der Waals surface area contributed by atoms with Crippen LogP contribution >= 0.6 is 0 Å². The van der Waals surface area contributed by atoms with Gasteiger partial charge in [0.1, 0.15) is 13.2 Å². The van der Waals surface area contributed by atoms with E-state index in [0.717, 1.165) is 103 Å². The fourth-order valence-corrected chi connectivity index (χ4v) is 9.49. The summed E-state index contributed by atoms with van der Waals surface area (Å²) in [5.74, 6) is -0.917. The second-order valence-electron chi connectivity index (χ2n) is 22.0. The van der Waals surface area contributed by atoms with Crippen molar-refractivity contribution in [2.45, 2.75) is 341 Å². The van der Waals surface area contributed by atoms with Crippen LogP contribution in [0, 0.1) is 0 Å². The van der Waals surface area contributed by atoms with E-state index in [-0.39, 0.29) is 31.1 Å². The molecule has 0 aromatic carbocycles. The van der Waals surface area contributed by atoms with Crippen molar-refractivity contribution in [3.63, 3.8) is 0 Å². The van der Waals surface area contributed by atoms with Gasteiger partial charge in [0, 0.05) is 19.3 Å². The molecule has 440 valence electrons. The molecule has 0 amide bonds. The molecule has 0 aromatic rings. The molecule has 0 fully saturated rings. The molecule has 0 aliphatic heterocycles. The zero-order chi connectivity index (χ0) is 55.0. The molecule has 0 aliphatic carbocycles. The maximum absolute atomic E-state index is 12.8. The first-order valence-electron chi connectivity index (χ1n) is 32.9. The van der Waals surface area contributed by atoms with Crippen molar-refractivity contribution in [1.29, 1.82) is 0 Å². The molecule has 0 spiro atoms. The maximum atomic E-state index is 12.8. The van der Waals surface area contributed by atoms with E-state index in [9.17, 15) is 14.4 Å². The molecule has 0 aliphatic rings. The van der Waals surface area contributed by atoms with Gasteiger partial charge in [0.2, 0.25) is 0 Å². The quantitative estimate of drug-likeness (QED) is 0.0261. The Morgan fingerprint density at radius 3 is 0.882 bits per heavy atom. The lowest BCUT2D eigenvalue weighted by molar-refractivity contribution is -0.167. The average Bonchev–Trinajstić information content (AvgIpc) is 3.42. The number of unbranched alkanes of at least 4 members (excludes halogenated alkanes) is 37. The number of allylic oxidation sites excluding steroid dienone is 12.